The average Bonchev–Trinajstić information content (AvgIpc) is 2.80. The van der Waals surface area contributed by atoms with Crippen LogP contribution in [0, 0.1) is 3.57 Å². The van der Waals surface area contributed by atoms with Gasteiger partial charge in [-0.15, -0.1) is 0 Å². The van der Waals surface area contributed by atoms with Gasteiger partial charge < -0.3 is 5.32 Å². The van der Waals surface area contributed by atoms with Gasteiger partial charge in [-0.1, -0.05) is 24.9 Å². The molecular weight excluding hydrogens is 393 g/mol. The largest absolute Gasteiger partial charge is 0.348 e. The summed E-state index contributed by atoms with van der Waals surface area (Å²) in [6, 6.07) is 5.73. The summed E-state index contributed by atoms with van der Waals surface area (Å²) in [6.07, 6.45) is 3.49. The second kappa shape index (κ2) is 7.18. The summed E-state index contributed by atoms with van der Waals surface area (Å²) in [6.45, 7) is 2.17. The number of hydrogen-bond donors (Lipinski definition) is 1. The molecule has 1 aromatic carbocycles. The molecule has 1 aromatic rings. The number of amides is 1. The molecular formula is C14H17ClINOS. The van der Waals surface area contributed by atoms with E-state index in [2.05, 4.69) is 34.8 Å². The van der Waals surface area contributed by atoms with Crippen LogP contribution in [-0.2, 0) is 0 Å². The molecule has 1 N–H and O–H groups in total. The summed E-state index contributed by atoms with van der Waals surface area (Å²) in [5, 5.41) is 4.34. The molecule has 2 nitrogen and oxygen atoms in total. The van der Waals surface area contributed by atoms with Crippen molar-refractivity contribution in [2.24, 2.45) is 0 Å². The molecule has 0 saturated heterocycles. The number of carbonyl (C=O) groups excluding carboxylic acids is 1. The number of rotatable bonds is 4. The topological polar surface area (TPSA) is 29.1 Å². The molecule has 2 rings (SSSR count). The Bertz CT molecular complexity index is 469. The number of benzene rings is 1. The van der Waals surface area contributed by atoms with Gasteiger partial charge >= 0.3 is 0 Å². The molecule has 1 aliphatic rings. The fraction of sp³-hybridized carbons (Fsp3) is 0.500. The van der Waals surface area contributed by atoms with Crippen molar-refractivity contribution >= 4 is 51.9 Å². The van der Waals surface area contributed by atoms with Crippen LogP contribution in [0.25, 0.3) is 0 Å². The first kappa shape index (κ1) is 15.4. The Hall–Kier alpha value is 0.0600. The number of thioether (sulfide) groups is 1. The van der Waals surface area contributed by atoms with Gasteiger partial charge in [0.25, 0.3) is 5.91 Å². The standard InChI is InChI=1S/C14H17ClINOS/c1-2-19-13-5-3-4-12(13)17-14(18)10-8-9(15)6-7-11(10)16/h6-8,12-13H,2-5H2,1H3,(H,17,18). The van der Waals surface area contributed by atoms with Crippen molar-refractivity contribution in [1.29, 1.82) is 0 Å². The fourth-order valence-electron chi connectivity index (χ4n) is 2.42. The third kappa shape index (κ3) is 4.02. The molecule has 1 amide bonds. The predicted octanol–water partition coefficient (Wildman–Crippen LogP) is 4.35. The van der Waals surface area contributed by atoms with Crippen LogP contribution in [0.5, 0.6) is 0 Å². The van der Waals surface area contributed by atoms with Gasteiger partial charge in [0, 0.05) is 19.9 Å². The van der Waals surface area contributed by atoms with Crippen molar-refractivity contribution in [3.63, 3.8) is 0 Å². The molecule has 2 atom stereocenters. The quantitative estimate of drug-likeness (QED) is 0.749. The molecule has 0 radical (unpaired) electrons. The van der Waals surface area contributed by atoms with Crippen LogP contribution in [0.3, 0.4) is 0 Å². The molecule has 2 unspecified atom stereocenters. The van der Waals surface area contributed by atoms with E-state index in [4.69, 9.17) is 11.6 Å². The van der Waals surface area contributed by atoms with Gasteiger partial charge in [0.1, 0.15) is 0 Å². The highest BCUT2D eigenvalue weighted by molar-refractivity contribution is 14.1. The highest BCUT2D eigenvalue weighted by Crippen LogP contribution is 2.30. The van der Waals surface area contributed by atoms with Crippen LogP contribution in [-0.4, -0.2) is 23.0 Å². The highest BCUT2D eigenvalue weighted by Gasteiger charge is 2.29. The normalized spacial score (nSPS) is 22.5. The Kier molecular flexibility index (Phi) is 5.84. The van der Waals surface area contributed by atoms with Crippen LogP contribution in [0.2, 0.25) is 5.02 Å². The third-order valence-corrected chi connectivity index (χ3v) is 5.82. The molecule has 1 aliphatic carbocycles. The molecule has 0 bridgehead atoms. The smallest absolute Gasteiger partial charge is 0.252 e. The Morgan fingerprint density at radius 3 is 3.05 bits per heavy atom. The molecule has 1 fully saturated rings. The van der Waals surface area contributed by atoms with Crippen molar-refractivity contribution in [2.45, 2.75) is 37.5 Å². The minimum atomic E-state index is 0.000466. The zero-order valence-corrected chi connectivity index (χ0v) is 14.5. The fourth-order valence-corrected chi connectivity index (χ4v) is 4.37. The maximum Gasteiger partial charge on any atom is 0.252 e. The van der Waals surface area contributed by atoms with Crippen LogP contribution in [0.1, 0.15) is 36.5 Å². The number of carbonyl (C=O) groups is 1. The van der Waals surface area contributed by atoms with Crippen molar-refractivity contribution in [3.8, 4) is 0 Å². The summed E-state index contributed by atoms with van der Waals surface area (Å²) < 4.78 is 0.942. The van der Waals surface area contributed by atoms with Gasteiger partial charge in [0.15, 0.2) is 0 Å². The second-order valence-corrected chi connectivity index (χ2v) is 7.74. The lowest BCUT2D eigenvalue weighted by Gasteiger charge is -2.20. The summed E-state index contributed by atoms with van der Waals surface area (Å²) in [5.41, 5.74) is 0.681. The number of hydrogen-bond acceptors (Lipinski definition) is 2. The van der Waals surface area contributed by atoms with E-state index >= 15 is 0 Å². The van der Waals surface area contributed by atoms with Crippen molar-refractivity contribution in [2.75, 3.05) is 5.75 Å². The first-order valence-electron chi connectivity index (χ1n) is 6.49. The Morgan fingerprint density at radius 1 is 1.53 bits per heavy atom. The molecule has 0 spiro atoms. The van der Waals surface area contributed by atoms with Crippen LogP contribution in [0.4, 0.5) is 0 Å². The molecule has 104 valence electrons. The lowest BCUT2D eigenvalue weighted by Crippen LogP contribution is -2.39. The van der Waals surface area contributed by atoms with Crippen LogP contribution < -0.4 is 5.32 Å². The highest BCUT2D eigenvalue weighted by atomic mass is 127. The molecule has 0 heterocycles. The molecule has 0 aliphatic heterocycles. The summed E-state index contributed by atoms with van der Waals surface area (Å²) in [5.74, 6) is 1.10. The summed E-state index contributed by atoms with van der Waals surface area (Å²) in [4.78, 5) is 12.3. The Labute approximate surface area is 137 Å². The lowest BCUT2D eigenvalue weighted by atomic mass is 10.2. The van der Waals surface area contributed by atoms with Gasteiger partial charge in [0.2, 0.25) is 0 Å². The predicted molar refractivity (Wildman–Crippen MR) is 91.2 cm³/mol. The van der Waals surface area contributed by atoms with Crippen LogP contribution in [0.15, 0.2) is 18.2 Å². The van der Waals surface area contributed by atoms with Crippen LogP contribution >= 0.6 is 46.0 Å². The average molecular weight is 410 g/mol. The van der Waals surface area contributed by atoms with Crippen molar-refractivity contribution in [1.82, 2.24) is 5.32 Å². The van der Waals surface area contributed by atoms with E-state index in [1.165, 1.54) is 12.8 Å². The first-order valence-corrected chi connectivity index (χ1v) is 9.00. The zero-order valence-electron chi connectivity index (χ0n) is 10.8. The van der Waals surface area contributed by atoms with Gasteiger partial charge in [0.05, 0.1) is 5.56 Å². The lowest BCUT2D eigenvalue weighted by molar-refractivity contribution is 0.0938. The van der Waals surface area contributed by atoms with Gasteiger partial charge in [-0.05, 0) is 59.4 Å². The maximum atomic E-state index is 12.3. The van der Waals surface area contributed by atoms with E-state index in [0.29, 0.717) is 21.9 Å². The maximum absolute atomic E-state index is 12.3. The van der Waals surface area contributed by atoms with Crippen molar-refractivity contribution in [3.05, 3.63) is 32.4 Å². The number of nitrogens with one attached hydrogen (secondary N) is 1. The van der Waals surface area contributed by atoms with Gasteiger partial charge in [-0.25, -0.2) is 0 Å². The Morgan fingerprint density at radius 2 is 2.32 bits per heavy atom. The zero-order chi connectivity index (χ0) is 13.8. The van der Waals surface area contributed by atoms with E-state index < -0.39 is 0 Å². The third-order valence-electron chi connectivity index (χ3n) is 3.32. The minimum absolute atomic E-state index is 0.000466. The second-order valence-electron chi connectivity index (χ2n) is 4.63. The first-order chi connectivity index (χ1) is 9.11. The van der Waals surface area contributed by atoms with Crippen molar-refractivity contribution < 1.29 is 4.79 Å². The molecule has 5 heteroatoms. The summed E-state index contributed by atoms with van der Waals surface area (Å²) >= 11 is 10.1. The van der Waals surface area contributed by atoms with E-state index in [1.54, 1.807) is 6.07 Å². The molecule has 1 saturated carbocycles. The molecule has 0 aromatic heterocycles. The SMILES string of the molecule is CCSC1CCCC1NC(=O)c1cc(Cl)ccc1I. The van der Waals surface area contributed by atoms with E-state index in [0.717, 1.165) is 15.7 Å². The summed E-state index contributed by atoms with van der Waals surface area (Å²) in [7, 11) is 0. The monoisotopic (exact) mass is 409 g/mol. The van der Waals surface area contributed by atoms with E-state index in [-0.39, 0.29) is 5.91 Å². The van der Waals surface area contributed by atoms with Gasteiger partial charge in [-0.3, -0.25) is 4.79 Å². The van der Waals surface area contributed by atoms with Gasteiger partial charge in [-0.2, -0.15) is 11.8 Å². The minimum Gasteiger partial charge on any atom is -0.348 e. The Balaban J connectivity index is 2.06. The van der Waals surface area contributed by atoms with E-state index in [1.807, 2.05) is 23.9 Å². The molecule has 19 heavy (non-hydrogen) atoms. The number of halogens is 2. The van der Waals surface area contributed by atoms with E-state index in [9.17, 15) is 4.79 Å².